The summed E-state index contributed by atoms with van der Waals surface area (Å²) in [5.41, 5.74) is 4.17. The maximum Gasteiger partial charge on any atom is 0.329 e. The van der Waals surface area contributed by atoms with Gasteiger partial charge in [0, 0.05) is 29.4 Å². The van der Waals surface area contributed by atoms with Crippen LogP contribution < -0.4 is 4.74 Å². The molecule has 1 fully saturated rings. The molecule has 1 aromatic heterocycles. The number of benzene rings is 2. The number of rotatable bonds is 9. The Bertz CT molecular complexity index is 1020. The Morgan fingerprint density at radius 2 is 1.69 bits per heavy atom. The number of ether oxygens (including phenoxy) is 2. The van der Waals surface area contributed by atoms with Crippen molar-refractivity contribution in [1.82, 2.24) is 9.78 Å². The third-order valence-corrected chi connectivity index (χ3v) is 6.20. The average Bonchev–Trinajstić information content (AvgIpc) is 3.24. The molecule has 1 N–H and O–H groups in total. The minimum atomic E-state index is -0.905. The number of carboxylic acid groups (broad SMARTS) is 1. The second-order valence-corrected chi connectivity index (χ2v) is 8.48. The molecule has 0 atom stereocenters. The Kier molecular flexibility index (Phi) is 7.22. The Labute approximate surface area is 188 Å². The molecule has 168 valence electrons. The molecule has 2 aromatic carbocycles. The van der Waals surface area contributed by atoms with E-state index in [1.807, 2.05) is 36.4 Å². The highest BCUT2D eigenvalue weighted by Crippen LogP contribution is 2.37. The number of para-hydroxylation sites is 1. The van der Waals surface area contributed by atoms with Crippen molar-refractivity contribution < 1.29 is 19.4 Å². The molecule has 6 nitrogen and oxygen atoms in total. The highest BCUT2D eigenvalue weighted by atomic mass is 16.5. The molecular formula is C26H30N2O4. The lowest BCUT2D eigenvalue weighted by atomic mass is 9.82. The van der Waals surface area contributed by atoms with Gasteiger partial charge >= 0.3 is 5.97 Å². The van der Waals surface area contributed by atoms with E-state index in [9.17, 15) is 4.79 Å². The number of carbonyl (C=O) groups is 1. The SMILES string of the molecule is COc1ccccc1-c1cn(CC2CCC(COCC(=O)O)CC2)nc1-c1ccccc1. The maximum absolute atomic E-state index is 10.6. The number of aromatic nitrogens is 2. The zero-order valence-corrected chi connectivity index (χ0v) is 18.4. The molecule has 0 spiro atoms. The van der Waals surface area contributed by atoms with E-state index < -0.39 is 5.97 Å². The normalized spacial score (nSPS) is 18.4. The second-order valence-electron chi connectivity index (χ2n) is 8.48. The van der Waals surface area contributed by atoms with Crippen molar-refractivity contribution in [2.45, 2.75) is 32.2 Å². The number of methoxy groups -OCH3 is 1. The highest BCUT2D eigenvalue weighted by Gasteiger charge is 2.23. The molecule has 4 rings (SSSR count). The molecule has 0 bridgehead atoms. The average molecular weight is 435 g/mol. The predicted octanol–water partition coefficient (Wildman–Crippen LogP) is 5.13. The quantitative estimate of drug-likeness (QED) is 0.505. The maximum atomic E-state index is 10.6. The van der Waals surface area contributed by atoms with Crippen molar-refractivity contribution in [3.8, 4) is 28.1 Å². The van der Waals surface area contributed by atoms with Gasteiger partial charge in [0.1, 0.15) is 18.1 Å². The van der Waals surface area contributed by atoms with Crippen molar-refractivity contribution >= 4 is 5.97 Å². The summed E-state index contributed by atoms with van der Waals surface area (Å²) < 4.78 is 13.0. The van der Waals surface area contributed by atoms with Crippen molar-refractivity contribution in [3.05, 3.63) is 60.8 Å². The molecule has 32 heavy (non-hydrogen) atoms. The van der Waals surface area contributed by atoms with Gasteiger partial charge in [0.05, 0.1) is 13.7 Å². The smallest absolute Gasteiger partial charge is 0.329 e. The van der Waals surface area contributed by atoms with Gasteiger partial charge in [-0.05, 0) is 43.6 Å². The van der Waals surface area contributed by atoms with Crippen LogP contribution in [-0.4, -0.2) is 41.2 Å². The van der Waals surface area contributed by atoms with Gasteiger partial charge in [0.15, 0.2) is 0 Å². The Hall–Kier alpha value is -3.12. The van der Waals surface area contributed by atoms with Gasteiger partial charge < -0.3 is 14.6 Å². The topological polar surface area (TPSA) is 73.6 Å². The number of hydrogen-bond acceptors (Lipinski definition) is 4. The van der Waals surface area contributed by atoms with E-state index in [1.54, 1.807) is 7.11 Å². The van der Waals surface area contributed by atoms with Crippen LogP contribution in [-0.2, 0) is 16.1 Å². The third kappa shape index (κ3) is 5.37. The molecule has 1 aliphatic rings. The lowest BCUT2D eigenvalue weighted by molar-refractivity contribution is -0.142. The lowest BCUT2D eigenvalue weighted by Gasteiger charge is -2.28. The fraction of sp³-hybridized carbons (Fsp3) is 0.385. The van der Waals surface area contributed by atoms with Crippen LogP contribution in [0.5, 0.6) is 5.75 Å². The standard InChI is InChI=1S/C26H30N2O4/c1-31-24-10-6-5-9-22(24)23-16-28(27-26(23)21-7-3-2-4-8-21)15-19-11-13-20(14-12-19)17-32-18-25(29)30/h2-10,16,19-20H,11-15,17-18H2,1H3,(H,29,30). The Balaban J connectivity index is 1.50. The van der Waals surface area contributed by atoms with Gasteiger partial charge in [-0.25, -0.2) is 4.79 Å². The molecule has 1 aliphatic carbocycles. The van der Waals surface area contributed by atoms with Crippen LogP contribution in [0.4, 0.5) is 0 Å². The van der Waals surface area contributed by atoms with E-state index in [0.717, 1.165) is 60.4 Å². The molecule has 0 unspecified atom stereocenters. The summed E-state index contributed by atoms with van der Waals surface area (Å²) in [4.78, 5) is 10.6. The highest BCUT2D eigenvalue weighted by molar-refractivity contribution is 5.83. The summed E-state index contributed by atoms with van der Waals surface area (Å²) in [6.45, 7) is 1.20. The fourth-order valence-corrected chi connectivity index (χ4v) is 4.55. The summed E-state index contributed by atoms with van der Waals surface area (Å²) in [6.07, 6.45) is 6.48. The monoisotopic (exact) mass is 434 g/mol. The van der Waals surface area contributed by atoms with Crippen LogP contribution in [0.3, 0.4) is 0 Å². The fourth-order valence-electron chi connectivity index (χ4n) is 4.55. The first-order valence-corrected chi connectivity index (χ1v) is 11.2. The first-order valence-electron chi connectivity index (χ1n) is 11.2. The number of aliphatic carboxylic acids is 1. The van der Waals surface area contributed by atoms with E-state index in [4.69, 9.17) is 19.7 Å². The number of carboxylic acids is 1. The summed E-state index contributed by atoms with van der Waals surface area (Å²) in [5.74, 6) is 0.940. The summed E-state index contributed by atoms with van der Waals surface area (Å²) in [6, 6.07) is 18.3. The minimum absolute atomic E-state index is 0.207. The van der Waals surface area contributed by atoms with Crippen LogP contribution in [0.15, 0.2) is 60.8 Å². The van der Waals surface area contributed by atoms with Gasteiger partial charge in [-0.15, -0.1) is 0 Å². The molecule has 0 radical (unpaired) electrons. The Morgan fingerprint density at radius 3 is 2.41 bits per heavy atom. The molecule has 1 saturated carbocycles. The van der Waals surface area contributed by atoms with Crippen LogP contribution in [0.2, 0.25) is 0 Å². The summed E-state index contributed by atoms with van der Waals surface area (Å²) in [7, 11) is 1.70. The van der Waals surface area contributed by atoms with Crippen LogP contribution in [0.25, 0.3) is 22.4 Å². The van der Waals surface area contributed by atoms with Crippen LogP contribution in [0.1, 0.15) is 25.7 Å². The molecule has 6 heteroatoms. The third-order valence-electron chi connectivity index (χ3n) is 6.20. The van der Waals surface area contributed by atoms with Gasteiger partial charge in [0.25, 0.3) is 0 Å². The molecule has 0 amide bonds. The zero-order valence-electron chi connectivity index (χ0n) is 18.4. The predicted molar refractivity (Wildman–Crippen MR) is 124 cm³/mol. The van der Waals surface area contributed by atoms with E-state index in [2.05, 4.69) is 29.1 Å². The van der Waals surface area contributed by atoms with E-state index in [-0.39, 0.29) is 6.61 Å². The van der Waals surface area contributed by atoms with Gasteiger partial charge in [-0.2, -0.15) is 5.10 Å². The van der Waals surface area contributed by atoms with Crippen LogP contribution in [0, 0.1) is 11.8 Å². The van der Waals surface area contributed by atoms with Crippen LogP contribution >= 0.6 is 0 Å². The first kappa shape index (κ1) is 22.1. The van der Waals surface area contributed by atoms with E-state index >= 15 is 0 Å². The molecular weight excluding hydrogens is 404 g/mol. The lowest BCUT2D eigenvalue weighted by Crippen LogP contribution is -2.23. The summed E-state index contributed by atoms with van der Waals surface area (Å²) >= 11 is 0. The van der Waals surface area contributed by atoms with Crippen molar-refractivity contribution in [2.24, 2.45) is 11.8 Å². The van der Waals surface area contributed by atoms with Crippen molar-refractivity contribution in [3.63, 3.8) is 0 Å². The van der Waals surface area contributed by atoms with E-state index in [0.29, 0.717) is 18.4 Å². The largest absolute Gasteiger partial charge is 0.496 e. The molecule has 3 aromatic rings. The number of hydrogen-bond donors (Lipinski definition) is 1. The second kappa shape index (κ2) is 10.5. The molecule has 1 heterocycles. The first-order chi connectivity index (χ1) is 15.6. The van der Waals surface area contributed by atoms with Crippen molar-refractivity contribution in [2.75, 3.05) is 20.3 Å². The Morgan fingerprint density at radius 1 is 1.00 bits per heavy atom. The molecule has 0 saturated heterocycles. The van der Waals surface area contributed by atoms with Gasteiger partial charge in [-0.1, -0.05) is 48.5 Å². The summed E-state index contributed by atoms with van der Waals surface area (Å²) in [5, 5.41) is 13.7. The zero-order chi connectivity index (χ0) is 22.3. The van der Waals surface area contributed by atoms with Gasteiger partial charge in [0.2, 0.25) is 0 Å². The van der Waals surface area contributed by atoms with Crippen molar-refractivity contribution in [1.29, 1.82) is 0 Å². The van der Waals surface area contributed by atoms with Gasteiger partial charge in [-0.3, -0.25) is 4.68 Å². The van der Waals surface area contributed by atoms with E-state index in [1.165, 1.54) is 0 Å². The minimum Gasteiger partial charge on any atom is -0.496 e. The number of nitrogens with zero attached hydrogens (tertiary/aromatic N) is 2. The molecule has 0 aliphatic heterocycles.